The topological polar surface area (TPSA) is 220 Å². The highest BCUT2D eigenvalue weighted by molar-refractivity contribution is 7.98. The van der Waals surface area contributed by atoms with Crippen molar-refractivity contribution in [2.45, 2.75) is 56.3 Å². The molecule has 4 unspecified atom stereocenters. The fraction of sp³-hybridized carbons (Fsp3) is 0.722. The van der Waals surface area contributed by atoms with Crippen molar-refractivity contribution in [2.75, 3.05) is 24.3 Å². The minimum Gasteiger partial charge on any atom is -0.480 e. The van der Waals surface area contributed by atoms with E-state index in [0.29, 0.717) is 31.6 Å². The fourth-order valence-corrected chi connectivity index (χ4v) is 3.29. The van der Waals surface area contributed by atoms with Gasteiger partial charge in [0, 0.05) is 5.75 Å². The summed E-state index contributed by atoms with van der Waals surface area (Å²) in [4.78, 5) is 60.1. The van der Waals surface area contributed by atoms with Crippen LogP contribution in [-0.4, -0.2) is 83.2 Å². The van der Waals surface area contributed by atoms with Crippen LogP contribution >= 0.6 is 24.4 Å². The van der Waals surface area contributed by atoms with E-state index in [1.165, 1.54) is 11.8 Å². The Morgan fingerprint density at radius 3 is 2.00 bits per heavy atom. The van der Waals surface area contributed by atoms with Gasteiger partial charge in [0.05, 0.1) is 12.5 Å². The van der Waals surface area contributed by atoms with Crippen LogP contribution in [0, 0.1) is 0 Å². The second kappa shape index (κ2) is 16.6. The predicted molar refractivity (Wildman–Crippen MR) is 125 cm³/mol. The van der Waals surface area contributed by atoms with Gasteiger partial charge in [-0.1, -0.05) is 6.42 Å². The molecule has 0 aromatic heterocycles. The molecule has 0 aromatic rings. The lowest BCUT2D eigenvalue weighted by atomic mass is 10.1. The number of thioether (sulfide) groups is 1. The molecule has 12 nitrogen and oxygen atoms in total. The number of carboxylic acid groups (broad SMARTS) is 1. The molecule has 0 aliphatic carbocycles. The molecular formula is C18H34N6O6S2. The second-order valence-electron chi connectivity index (χ2n) is 7.05. The van der Waals surface area contributed by atoms with Gasteiger partial charge in [-0.25, -0.2) is 4.79 Å². The van der Waals surface area contributed by atoms with Crippen molar-refractivity contribution in [1.82, 2.24) is 16.0 Å². The maximum atomic E-state index is 12.6. The summed E-state index contributed by atoms with van der Waals surface area (Å²) in [6.07, 6.45) is 3.11. The van der Waals surface area contributed by atoms with Crippen LogP contribution in [0.15, 0.2) is 0 Å². The van der Waals surface area contributed by atoms with Crippen LogP contribution in [0.4, 0.5) is 0 Å². The van der Waals surface area contributed by atoms with Gasteiger partial charge in [-0.2, -0.15) is 24.4 Å². The summed E-state index contributed by atoms with van der Waals surface area (Å²) in [5.74, 6) is -3.97. The Morgan fingerprint density at radius 2 is 1.50 bits per heavy atom. The van der Waals surface area contributed by atoms with Crippen LogP contribution in [-0.2, 0) is 24.0 Å². The lowest BCUT2D eigenvalue weighted by Gasteiger charge is -2.24. The van der Waals surface area contributed by atoms with E-state index >= 15 is 0 Å². The maximum Gasteiger partial charge on any atom is 0.326 e. The van der Waals surface area contributed by atoms with Crippen molar-refractivity contribution < 1.29 is 29.1 Å². The molecule has 0 aromatic carbocycles. The number of primary amides is 1. The van der Waals surface area contributed by atoms with Gasteiger partial charge in [0.1, 0.15) is 18.1 Å². The van der Waals surface area contributed by atoms with Crippen LogP contribution in [0.5, 0.6) is 0 Å². The highest BCUT2D eigenvalue weighted by atomic mass is 32.2. The van der Waals surface area contributed by atoms with E-state index in [9.17, 15) is 29.1 Å². The molecule has 0 saturated heterocycles. The van der Waals surface area contributed by atoms with Crippen molar-refractivity contribution in [3.05, 3.63) is 0 Å². The predicted octanol–water partition coefficient (Wildman–Crippen LogP) is -2.46. The number of rotatable bonds is 17. The van der Waals surface area contributed by atoms with Crippen molar-refractivity contribution in [3.8, 4) is 0 Å². The Balaban J connectivity index is 5.14. The van der Waals surface area contributed by atoms with Gasteiger partial charge >= 0.3 is 5.97 Å². The molecule has 4 amide bonds. The van der Waals surface area contributed by atoms with Gasteiger partial charge in [-0.05, 0) is 37.8 Å². The normalized spacial score (nSPS) is 14.5. The summed E-state index contributed by atoms with van der Waals surface area (Å²) < 4.78 is 0. The molecule has 14 heteroatoms. The molecule has 32 heavy (non-hydrogen) atoms. The first-order valence-electron chi connectivity index (χ1n) is 10.0. The van der Waals surface area contributed by atoms with Crippen LogP contribution in [0.25, 0.3) is 0 Å². The summed E-state index contributed by atoms with van der Waals surface area (Å²) in [7, 11) is 0. The zero-order chi connectivity index (χ0) is 24.7. The Kier molecular flexibility index (Phi) is 15.5. The molecular weight excluding hydrogens is 460 g/mol. The number of thiol groups is 1. The average molecular weight is 495 g/mol. The summed E-state index contributed by atoms with van der Waals surface area (Å²) >= 11 is 5.45. The maximum absolute atomic E-state index is 12.6. The number of carboxylic acids is 1. The van der Waals surface area contributed by atoms with E-state index in [1.807, 2.05) is 0 Å². The third-order valence-corrected chi connectivity index (χ3v) is 5.39. The summed E-state index contributed by atoms with van der Waals surface area (Å²) in [5, 5.41) is 16.3. The standard InChI is InChI=1S/C18H34N6O6S2/c1-32-7-5-11(18(29)30)22-17(28)13(9-31)24-16(27)12(8-14(21)25)23-15(26)10(20)4-2-3-6-19/h10-13,31H,2-9,19-20H2,1H3,(H2,21,25)(H,22,28)(H,23,26)(H,24,27)(H,29,30). The smallest absolute Gasteiger partial charge is 0.326 e. The number of amides is 4. The average Bonchev–Trinajstić information content (AvgIpc) is 2.73. The third kappa shape index (κ3) is 12.1. The van der Waals surface area contributed by atoms with Crippen molar-refractivity contribution in [1.29, 1.82) is 0 Å². The molecule has 0 radical (unpaired) electrons. The number of hydrogen-bond donors (Lipinski definition) is 8. The number of carbonyl (C=O) groups excluding carboxylic acids is 4. The summed E-state index contributed by atoms with van der Waals surface area (Å²) in [6.45, 7) is 0.453. The second-order valence-corrected chi connectivity index (χ2v) is 8.40. The van der Waals surface area contributed by atoms with E-state index in [4.69, 9.17) is 17.2 Å². The van der Waals surface area contributed by atoms with E-state index in [1.54, 1.807) is 6.26 Å². The van der Waals surface area contributed by atoms with Crippen LogP contribution in [0.1, 0.15) is 32.1 Å². The van der Waals surface area contributed by atoms with Crippen LogP contribution in [0.3, 0.4) is 0 Å². The molecule has 0 saturated carbocycles. The van der Waals surface area contributed by atoms with E-state index < -0.39 is 60.2 Å². The fourth-order valence-electron chi connectivity index (χ4n) is 2.56. The van der Waals surface area contributed by atoms with Gasteiger partial charge in [-0.3, -0.25) is 19.2 Å². The number of hydrogen-bond acceptors (Lipinski definition) is 9. The van der Waals surface area contributed by atoms with Crippen molar-refractivity contribution in [3.63, 3.8) is 0 Å². The Morgan fingerprint density at radius 1 is 0.938 bits per heavy atom. The Labute approximate surface area is 196 Å². The SMILES string of the molecule is CSCCC(NC(=O)C(CS)NC(=O)C(CC(N)=O)NC(=O)C(N)CCCCN)C(=O)O. The van der Waals surface area contributed by atoms with Gasteiger partial charge in [-0.15, -0.1) is 0 Å². The van der Waals surface area contributed by atoms with Crippen molar-refractivity contribution >= 4 is 54.0 Å². The number of unbranched alkanes of at least 4 members (excludes halogenated alkanes) is 1. The van der Waals surface area contributed by atoms with Gasteiger partial charge in [0.25, 0.3) is 0 Å². The largest absolute Gasteiger partial charge is 0.480 e. The lowest BCUT2D eigenvalue weighted by molar-refractivity contribution is -0.142. The zero-order valence-corrected chi connectivity index (χ0v) is 19.8. The number of nitrogens with two attached hydrogens (primary N) is 3. The first kappa shape index (κ1) is 30.0. The molecule has 0 aliphatic rings. The molecule has 0 bridgehead atoms. The molecule has 0 aliphatic heterocycles. The van der Waals surface area contributed by atoms with Gasteiger partial charge < -0.3 is 38.3 Å². The molecule has 0 heterocycles. The van der Waals surface area contributed by atoms with E-state index in [0.717, 1.165) is 0 Å². The number of aliphatic carboxylic acids is 1. The molecule has 0 spiro atoms. The highest BCUT2D eigenvalue weighted by Crippen LogP contribution is 2.04. The van der Waals surface area contributed by atoms with Crippen molar-refractivity contribution in [2.24, 2.45) is 17.2 Å². The minimum atomic E-state index is -1.36. The van der Waals surface area contributed by atoms with Gasteiger partial charge in [0.15, 0.2) is 0 Å². The molecule has 0 fully saturated rings. The number of nitrogens with one attached hydrogen (secondary N) is 3. The monoisotopic (exact) mass is 494 g/mol. The number of carbonyl (C=O) groups is 5. The zero-order valence-electron chi connectivity index (χ0n) is 18.0. The van der Waals surface area contributed by atoms with E-state index in [-0.39, 0.29) is 12.2 Å². The Hall–Kier alpha value is -2.03. The molecule has 0 rings (SSSR count). The minimum absolute atomic E-state index is 0.151. The van der Waals surface area contributed by atoms with Crippen LogP contribution in [0.2, 0.25) is 0 Å². The van der Waals surface area contributed by atoms with Gasteiger partial charge in [0.2, 0.25) is 23.6 Å². The quantitative estimate of drug-likeness (QED) is 0.0792. The molecule has 4 atom stereocenters. The summed E-state index contributed by atoms with van der Waals surface area (Å²) in [6, 6.07) is -4.61. The highest BCUT2D eigenvalue weighted by Gasteiger charge is 2.30. The Bertz CT molecular complexity index is 653. The third-order valence-electron chi connectivity index (χ3n) is 4.39. The molecule has 10 N–H and O–H groups in total. The van der Waals surface area contributed by atoms with E-state index in [2.05, 4.69) is 28.6 Å². The first-order chi connectivity index (χ1) is 15.1. The first-order valence-corrected chi connectivity index (χ1v) is 12.1. The summed E-state index contributed by atoms with van der Waals surface area (Å²) in [5.41, 5.74) is 16.4. The van der Waals surface area contributed by atoms with Crippen LogP contribution < -0.4 is 33.2 Å². The lowest BCUT2D eigenvalue weighted by Crippen LogP contribution is -2.58. The molecule has 184 valence electrons.